The number of phenolic OH excluding ortho intramolecular Hbond substituents is 4. The summed E-state index contributed by atoms with van der Waals surface area (Å²) < 4.78 is 28.6. The number of aromatic hydroxyl groups is 4. The molecule has 57 heavy (non-hydrogen) atoms. The zero-order valence-corrected chi connectivity index (χ0v) is 29.8. The maximum atomic E-state index is 11.3. The summed E-state index contributed by atoms with van der Waals surface area (Å²) in [6, 6.07) is 17.5. The Morgan fingerprint density at radius 1 is 0.561 bits per heavy atom. The molecule has 3 heterocycles. The topological polar surface area (TPSA) is 289 Å². The van der Waals surface area contributed by atoms with E-state index in [0.29, 0.717) is 22.3 Å². The van der Waals surface area contributed by atoms with Crippen molar-refractivity contribution >= 4 is 12.2 Å². The fraction of sp³-hybridized carbons (Fsp3) is 0.350. The lowest BCUT2D eigenvalue weighted by Crippen LogP contribution is -2.60. The molecule has 17 nitrogen and oxygen atoms in total. The number of hydrogen-bond acceptors (Lipinski definition) is 17. The second-order valence-electron chi connectivity index (χ2n) is 14.0. The van der Waals surface area contributed by atoms with E-state index in [-0.39, 0.29) is 45.8 Å². The summed E-state index contributed by atoms with van der Waals surface area (Å²) >= 11 is 0. The first-order chi connectivity index (χ1) is 27.3. The molecule has 2 fully saturated rings. The van der Waals surface area contributed by atoms with Gasteiger partial charge in [-0.3, -0.25) is 0 Å². The van der Waals surface area contributed by atoms with Crippen molar-refractivity contribution in [3.05, 3.63) is 101 Å². The minimum absolute atomic E-state index is 0.00600. The number of hydrogen-bond donors (Lipinski definition) is 12. The van der Waals surface area contributed by atoms with E-state index in [1.165, 1.54) is 42.5 Å². The summed E-state index contributed by atoms with van der Waals surface area (Å²) in [5.74, 6) is -1.29. The fourth-order valence-electron chi connectivity index (χ4n) is 7.22. The Morgan fingerprint density at radius 3 is 1.67 bits per heavy atom. The van der Waals surface area contributed by atoms with Gasteiger partial charge in [-0.25, -0.2) is 0 Å². The molecule has 0 aromatic heterocycles. The molecule has 0 amide bonds. The van der Waals surface area contributed by atoms with E-state index < -0.39 is 86.6 Å². The van der Waals surface area contributed by atoms with Crippen molar-refractivity contribution in [1.82, 2.24) is 0 Å². The highest BCUT2D eigenvalue weighted by molar-refractivity contribution is 5.75. The highest BCUT2D eigenvalue weighted by atomic mass is 16.7. The molecule has 0 spiro atoms. The van der Waals surface area contributed by atoms with E-state index in [1.807, 2.05) is 0 Å². The molecule has 3 aliphatic rings. The monoisotopic (exact) mass is 794 g/mol. The van der Waals surface area contributed by atoms with E-state index in [1.54, 1.807) is 36.4 Å². The first-order valence-electron chi connectivity index (χ1n) is 17.9. The van der Waals surface area contributed by atoms with E-state index in [0.717, 1.165) is 6.07 Å². The van der Waals surface area contributed by atoms with Crippen molar-refractivity contribution < 1.29 is 85.0 Å². The van der Waals surface area contributed by atoms with Crippen LogP contribution < -0.4 is 14.2 Å². The lowest BCUT2D eigenvalue weighted by atomic mass is 9.82. The van der Waals surface area contributed by atoms with Crippen molar-refractivity contribution in [2.24, 2.45) is 0 Å². The second kappa shape index (κ2) is 16.4. The second-order valence-corrected chi connectivity index (χ2v) is 14.0. The van der Waals surface area contributed by atoms with Crippen LogP contribution in [0.4, 0.5) is 0 Å². The lowest BCUT2D eigenvalue weighted by molar-refractivity contribution is -0.277. The van der Waals surface area contributed by atoms with Crippen molar-refractivity contribution in [3.8, 4) is 40.2 Å². The molecule has 0 unspecified atom stereocenters. The number of benzene rings is 4. The molecule has 12 atom stereocenters. The summed E-state index contributed by atoms with van der Waals surface area (Å²) in [7, 11) is 0. The Morgan fingerprint density at radius 2 is 1.11 bits per heavy atom. The van der Waals surface area contributed by atoms with Gasteiger partial charge in [0.05, 0.1) is 19.1 Å². The van der Waals surface area contributed by atoms with Gasteiger partial charge in [-0.05, 0) is 59.2 Å². The van der Waals surface area contributed by atoms with Crippen LogP contribution in [0.2, 0.25) is 0 Å². The fourth-order valence-corrected chi connectivity index (χ4v) is 7.22. The SMILES string of the molecule is OC[C@H]1O[C@@H](Oc2ccc(/C=C/c3cc(O)cc4c3[C@H](c3cc(O)cc(O)c3)[C@@H](c3ccc(O[C@@H]5O[C@H](CO)[C@@H](O)[C@H](O)[C@H]5O)cc3O)O4)cc2)[C@H](O)[C@@H](O)[C@@H]1O. The summed E-state index contributed by atoms with van der Waals surface area (Å²) in [6.45, 7) is -1.27. The predicted octanol–water partition coefficient (Wildman–Crippen LogP) is 0.302. The predicted molar refractivity (Wildman–Crippen MR) is 195 cm³/mol. The normalized spacial score (nSPS) is 31.2. The number of aliphatic hydroxyl groups is 8. The van der Waals surface area contributed by atoms with Crippen LogP contribution in [-0.2, 0) is 9.47 Å². The van der Waals surface area contributed by atoms with Crippen LogP contribution in [0.25, 0.3) is 12.2 Å². The standard InChI is InChI=1S/C40H42O17/c41-15-28-32(47)34(49)36(51)39(56-28)53-23-5-2-17(3-6-23)1-4-18-9-22(45)13-27-30(18)31(19-10-20(43)12-21(44)11-19)38(55-27)25-8-7-24(14-26(25)46)54-40-37(52)35(50)33(48)29(16-42)57-40/h1-14,28-29,31-52H,15-16H2/b4-1+/t28-,29-,31+,32-,33-,34+,35+,36-,37-,38-,39-,40-/m1/s1. The lowest BCUT2D eigenvalue weighted by Gasteiger charge is -2.39. The first-order valence-corrected chi connectivity index (χ1v) is 17.9. The average molecular weight is 795 g/mol. The Labute approximate surface area is 324 Å². The zero-order valence-electron chi connectivity index (χ0n) is 29.8. The molecule has 12 N–H and O–H groups in total. The third-order valence-corrected chi connectivity index (χ3v) is 10.2. The molecule has 304 valence electrons. The van der Waals surface area contributed by atoms with Gasteiger partial charge in [-0.2, -0.15) is 0 Å². The van der Waals surface area contributed by atoms with Crippen molar-refractivity contribution in [1.29, 1.82) is 0 Å². The number of phenols is 4. The molecule has 0 bridgehead atoms. The van der Waals surface area contributed by atoms with Crippen LogP contribution in [0.1, 0.15) is 39.8 Å². The minimum atomic E-state index is -1.69. The molecule has 4 aromatic rings. The summed E-state index contributed by atoms with van der Waals surface area (Å²) in [5.41, 5.74) is 2.28. The van der Waals surface area contributed by atoms with Crippen LogP contribution in [0, 0.1) is 0 Å². The van der Waals surface area contributed by atoms with Crippen LogP contribution in [0.3, 0.4) is 0 Å². The van der Waals surface area contributed by atoms with Gasteiger partial charge < -0.3 is 85.0 Å². The van der Waals surface area contributed by atoms with Crippen LogP contribution in [0.5, 0.6) is 40.2 Å². The van der Waals surface area contributed by atoms with Gasteiger partial charge >= 0.3 is 0 Å². The van der Waals surface area contributed by atoms with Gasteiger partial charge in [0.1, 0.15) is 95.2 Å². The van der Waals surface area contributed by atoms with E-state index in [4.69, 9.17) is 23.7 Å². The molecular formula is C40H42O17. The summed E-state index contributed by atoms with van der Waals surface area (Å²) in [6.07, 6.45) is -12.5. The Balaban J connectivity index is 1.17. The van der Waals surface area contributed by atoms with Gasteiger partial charge in [0.25, 0.3) is 0 Å². The zero-order chi connectivity index (χ0) is 40.7. The molecule has 4 aromatic carbocycles. The maximum absolute atomic E-state index is 11.3. The highest BCUT2D eigenvalue weighted by Crippen LogP contribution is 2.54. The van der Waals surface area contributed by atoms with Gasteiger partial charge in [-0.1, -0.05) is 24.3 Å². The average Bonchev–Trinajstić information content (AvgIpc) is 3.56. The van der Waals surface area contributed by atoms with Crippen molar-refractivity contribution in [2.75, 3.05) is 13.2 Å². The number of rotatable bonds is 10. The Bertz CT molecular complexity index is 2050. The van der Waals surface area contributed by atoms with Crippen LogP contribution >= 0.6 is 0 Å². The molecule has 0 radical (unpaired) electrons. The molecule has 2 saturated heterocycles. The van der Waals surface area contributed by atoms with E-state index in [2.05, 4.69) is 0 Å². The Kier molecular flexibility index (Phi) is 11.5. The molecule has 0 aliphatic carbocycles. The minimum Gasteiger partial charge on any atom is -0.508 e. The Hall–Kier alpha value is -5.18. The molecule has 7 rings (SSSR count). The third-order valence-electron chi connectivity index (χ3n) is 10.2. The smallest absolute Gasteiger partial charge is 0.229 e. The summed E-state index contributed by atoms with van der Waals surface area (Å²) in [4.78, 5) is 0. The molecule has 17 heteroatoms. The van der Waals surface area contributed by atoms with E-state index >= 15 is 0 Å². The highest BCUT2D eigenvalue weighted by Gasteiger charge is 2.46. The number of aliphatic hydroxyl groups excluding tert-OH is 8. The molecular weight excluding hydrogens is 752 g/mol. The van der Waals surface area contributed by atoms with Gasteiger partial charge in [0.15, 0.2) is 0 Å². The van der Waals surface area contributed by atoms with E-state index in [9.17, 15) is 61.3 Å². The van der Waals surface area contributed by atoms with Crippen molar-refractivity contribution in [3.63, 3.8) is 0 Å². The van der Waals surface area contributed by atoms with Gasteiger partial charge in [0, 0.05) is 29.3 Å². The van der Waals surface area contributed by atoms with Gasteiger partial charge in [0.2, 0.25) is 12.6 Å². The van der Waals surface area contributed by atoms with Crippen LogP contribution in [-0.4, -0.2) is 136 Å². The van der Waals surface area contributed by atoms with Crippen molar-refractivity contribution in [2.45, 2.75) is 73.4 Å². The largest absolute Gasteiger partial charge is 0.508 e. The quantitative estimate of drug-likeness (QED) is 0.0962. The molecule has 3 aliphatic heterocycles. The van der Waals surface area contributed by atoms with Gasteiger partial charge in [-0.15, -0.1) is 0 Å². The number of fused-ring (bicyclic) bond motifs is 1. The maximum Gasteiger partial charge on any atom is 0.229 e. The summed E-state index contributed by atoms with van der Waals surface area (Å²) in [5, 5.41) is 123. The molecule has 0 saturated carbocycles. The van der Waals surface area contributed by atoms with Crippen LogP contribution in [0.15, 0.2) is 72.8 Å². The number of ether oxygens (including phenoxy) is 5. The first kappa shape index (κ1) is 40.0. The third kappa shape index (κ3) is 8.03.